The number of halogens is 1. The Bertz CT molecular complexity index is 559. The predicted molar refractivity (Wildman–Crippen MR) is 75.5 cm³/mol. The first kappa shape index (κ1) is 14.5. The average molecular weight is 275 g/mol. The van der Waals surface area contributed by atoms with Crippen LogP contribution in [0.3, 0.4) is 0 Å². The van der Waals surface area contributed by atoms with E-state index in [1.54, 1.807) is 0 Å². The van der Waals surface area contributed by atoms with Crippen LogP contribution in [0.25, 0.3) is 0 Å². The highest BCUT2D eigenvalue weighted by molar-refractivity contribution is 5.93. The van der Waals surface area contributed by atoms with Gasteiger partial charge in [-0.25, -0.2) is 4.39 Å². The van der Waals surface area contributed by atoms with Crippen LogP contribution >= 0.6 is 0 Å². The minimum atomic E-state index is -0.460. The van der Waals surface area contributed by atoms with E-state index in [1.807, 2.05) is 0 Å². The van der Waals surface area contributed by atoms with Crippen LogP contribution in [-0.4, -0.2) is 17.6 Å². The summed E-state index contributed by atoms with van der Waals surface area (Å²) in [5.41, 5.74) is 0.717. The smallest absolute Gasteiger partial charge is 0.227 e. The minimum Gasteiger partial charge on any atom is -0.384 e. The third kappa shape index (κ3) is 3.37. The summed E-state index contributed by atoms with van der Waals surface area (Å²) in [5, 5.41) is 11.5. The second kappa shape index (κ2) is 6.53. The van der Waals surface area contributed by atoms with E-state index in [9.17, 15) is 9.18 Å². The second-order valence-electron chi connectivity index (χ2n) is 5.16. The third-order valence-corrected chi connectivity index (χ3v) is 3.73. The molecule has 0 aliphatic heterocycles. The van der Waals surface area contributed by atoms with Crippen LogP contribution in [0.15, 0.2) is 18.2 Å². The van der Waals surface area contributed by atoms with Gasteiger partial charge in [-0.2, -0.15) is 0 Å². The Hall–Kier alpha value is -1.86. The van der Waals surface area contributed by atoms with Gasteiger partial charge >= 0.3 is 0 Å². The van der Waals surface area contributed by atoms with Crippen LogP contribution in [0.5, 0.6) is 0 Å². The number of hydrogen-bond donors (Lipinski definition) is 2. The Morgan fingerprint density at radius 3 is 2.95 bits per heavy atom. The second-order valence-corrected chi connectivity index (χ2v) is 5.16. The molecule has 0 saturated heterocycles. The van der Waals surface area contributed by atoms with Gasteiger partial charge in [0.15, 0.2) is 0 Å². The molecule has 106 valence electrons. The van der Waals surface area contributed by atoms with Crippen LogP contribution in [-0.2, 0) is 4.79 Å². The number of carbonyl (C=O) groups excluding carboxylic acids is 1. The molecule has 0 heterocycles. The molecular formula is C16H18FNO2. The highest BCUT2D eigenvalue weighted by Gasteiger charge is 2.29. The normalized spacial score (nSPS) is 21.1. The number of rotatable bonds is 2. The predicted octanol–water partition coefficient (Wildman–Crippen LogP) is 2.54. The van der Waals surface area contributed by atoms with E-state index in [-0.39, 0.29) is 24.0 Å². The molecule has 0 radical (unpaired) electrons. The van der Waals surface area contributed by atoms with E-state index >= 15 is 0 Å². The summed E-state index contributed by atoms with van der Waals surface area (Å²) < 4.78 is 13.5. The zero-order valence-electron chi connectivity index (χ0n) is 11.4. The summed E-state index contributed by atoms with van der Waals surface area (Å²) in [4.78, 5) is 12.2. The van der Waals surface area contributed by atoms with E-state index in [0.29, 0.717) is 11.6 Å². The van der Waals surface area contributed by atoms with Crippen molar-refractivity contribution in [2.45, 2.75) is 26.2 Å². The molecule has 1 saturated carbocycles. The minimum absolute atomic E-state index is 0.0114. The molecule has 1 aromatic rings. The molecule has 1 aliphatic rings. The van der Waals surface area contributed by atoms with Crippen molar-refractivity contribution in [3.8, 4) is 11.8 Å². The molecule has 20 heavy (non-hydrogen) atoms. The van der Waals surface area contributed by atoms with Gasteiger partial charge in [-0.15, -0.1) is 0 Å². The zero-order chi connectivity index (χ0) is 14.5. The molecule has 1 aliphatic carbocycles. The van der Waals surface area contributed by atoms with Gasteiger partial charge in [0, 0.05) is 11.6 Å². The molecule has 1 amide bonds. The van der Waals surface area contributed by atoms with Crippen molar-refractivity contribution in [3.05, 3.63) is 29.6 Å². The van der Waals surface area contributed by atoms with E-state index in [1.165, 1.54) is 18.2 Å². The quantitative estimate of drug-likeness (QED) is 0.815. The monoisotopic (exact) mass is 275 g/mol. The zero-order valence-corrected chi connectivity index (χ0v) is 11.4. The number of nitrogens with one attached hydrogen (secondary N) is 1. The Morgan fingerprint density at radius 1 is 1.50 bits per heavy atom. The molecule has 0 aromatic heterocycles. The lowest BCUT2D eigenvalue weighted by molar-refractivity contribution is -0.120. The number of hydrogen-bond acceptors (Lipinski definition) is 2. The summed E-state index contributed by atoms with van der Waals surface area (Å²) >= 11 is 0. The summed E-state index contributed by atoms with van der Waals surface area (Å²) in [6.07, 6.45) is 3.07. The van der Waals surface area contributed by atoms with Crippen molar-refractivity contribution in [3.63, 3.8) is 0 Å². The number of carbonyl (C=O) groups is 1. The SMILES string of the molecule is CC1CCCC1C(=O)Nc1ccc(F)c(C#CCO)c1. The maximum atomic E-state index is 13.5. The van der Waals surface area contributed by atoms with E-state index in [4.69, 9.17) is 5.11 Å². The Morgan fingerprint density at radius 2 is 2.30 bits per heavy atom. The number of aliphatic hydroxyl groups excluding tert-OH is 1. The summed E-state index contributed by atoms with van der Waals surface area (Å²) in [5.74, 6) is 4.88. The van der Waals surface area contributed by atoms with Gasteiger partial charge in [0.1, 0.15) is 12.4 Å². The molecular weight excluding hydrogens is 257 g/mol. The topological polar surface area (TPSA) is 49.3 Å². The number of amides is 1. The Labute approximate surface area is 118 Å². The molecule has 1 aromatic carbocycles. The number of aliphatic hydroxyl groups is 1. The van der Waals surface area contributed by atoms with Crippen LogP contribution in [0, 0.1) is 29.5 Å². The molecule has 3 nitrogen and oxygen atoms in total. The molecule has 2 atom stereocenters. The number of benzene rings is 1. The third-order valence-electron chi connectivity index (χ3n) is 3.73. The summed E-state index contributed by atoms with van der Waals surface area (Å²) in [6.45, 7) is 1.76. The molecule has 2 N–H and O–H groups in total. The lowest BCUT2D eigenvalue weighted by Crippen LogP contribution is -2.24. The Balaban J connectivity index is 2.11. The van der Waals surface area contributed by atoms with Gasteiger partial charge in [0.05, 0.1) is 5.56 Å². The highest BCUT2D eigenvalue weighted by Crippen LogP contribution is 2.32. The fourth-order valence-corrected chi connectivity index (χ4v) is 2.60. The van der Waals surface area contributed by atoms with E-state index in [0.717, 1.165) is 19.3 Å². The molecule has 0 bridgehead atoms. The van der Waals surface area contributed by atoms with Gasteiger partial charge in [-0.05, 0) is 37.0 Å². The fourth-order valence-electron chi connectivity index (χ4n) is 2.60. The van der Waals surface area contributed by atoms with Crippen molar-refractivity contribution < 1.29 is 14.3 Å². The molecule has 2 rings (SSSR count). The van der Waals surface area contributed by atoms with Crippen molar-refractivity contribution >= 4 is 11.6 Å². The number of anilines is 1. The van der Waals surface area contributed by atoms with Gasteiger partial charge in [0.2, 0.25) is 5.91 Å². The van der Waals surface area contributed by atoms with Crippen molar-refractivity contribution in [2.75, 3.05) is 11.9 Å². The van der Waals surface area contributed by atoms with Crippen LogP contribution in [0.1, 0.15) is 31.7 Å². The summed E-state index contributed by atoms with van der Waals surface area (Å²) in [6, 6.07) is 4.29. The van der Waals surface area contributed by atoms with Crippen LogP contribution in [0.4, 0.5) is 10.1 Å². The average Bonchev–Trinajstić information content (AvgIpc) is 2.85. The van der Waals surface area contributed by atoms with Crippen molar-refractivity contribution in [2.24, 2.45) is 11.8 Å². The first-order valence-electron chi connectivity index (χ1n) is 6.82. The lowest BCUT2D eigenvalue weighted by Gasteiger charge is -2.15. The lowest BCUT2D eigenvalue weighted by atomic mass is 9.97. The molecule has 2 unspecified atom stereocenters. The maximum absolute atomic E-state index is 13.5. The fraction of sp³-hybridized carbons (Fsp3) is 0.438. The van der Waals surface area contributed by atoms with Gasteiger partial charge in [-0.3, -0.25) is 4.79 Å². The largest absolute Gasteiger partial charge is 0.384 e. The maximum Gasteiger partial charge on any atom is 0.227 e. The molecule has 1 fully saturated rings. The van der Waals surface area contributed by atoms with Gasteiger partial charge in [0.25, 0.3) is 0 Å². The summed E-state index contributed by atoms with van der Waals surface area (Å²) in [7, 11) is 0. The molecule has 0 spiro atoms. The van der Waals surface area contributed by atoms with Gasteiger partial charge in [-0.1, -0.05) is 25.2 Å². The van der Waals surface area contributed by atoms with E-state index in [2.05, 4.69) is 24.1 Å². The van der Waals surface area contributed by atoms with Crippen molar-refractivity contribution in [1.29, 1.82) is 0 Å². The standard InChI is InChI=1S/C16H18FNO2/c1-11-4-2-6-14(11)16(20)18-13-7-8-15(17)12(10-13)5-3-9-19/h7-8,10-11,14,19H,2,4,6,9H2,1H3,(H,18,20). The first-order chi connectivity index (χ1) is 9.61. The Kier molecular flexibility index (Phi) is 4.75. The van der Waals surface area contributed by atoms with Crippen molar-refractivity contribution in [1.82, 2.24) is 0 Å². The van der Waals surface area contributed by atoms with Gasteiger partial charge < -0.3 is 10.4 Å². The van der Waals surface area contributed by atoms with Crippen LogP contribution in [0.2, 0.25) is 0 Å². The van der Waals surface area contributed by atoms with Crippen LogP contribution < -0.4 is 5.32 Å². The molecule has 4 heteroatoms. The van der Waals surface area contributed by atoms with E-state index < -0.39 is 5.82 Å². The highest BCUT2D eigenvalue weighted by atomic mass is 19.1. The first-order valence-corrected chi connectivity index (χ1v) is 6.82.